The molecule has 0 rings (SSSR count). The van der Waals surface area contributed by atoms with Gasteiger partial charge in [-0.25, -0.2) is 4.79 Å². The monoisotopic (exact) mass is 345 g/mol. The van der Waals surface area contributed by atoms with Crippen molar-refractivity contribution in [3.8, 4) is 0 Å². The Hall–Kier alpha value is -0.883. The van der Waals surface area contributed by atoms with Crippen LogP contribution in [0.25, 0.3) is 0 Å². The van der Waals surface area contributed by atoms with E-state index in [1.807, 2.05) is 27.7 Å². The van der Waals surface area contributed by atoms with Crippen LogP contribution in [0.2, 0.25) is 18.1 Å². The summed E-state index contributed by atoms with van der Waals surface area (Å²) in [5, 5.41) is 2.78. The first-order valence-corrected chi connectivity index (χ1v) is 11.1. The average molecular weight is 346 g/mol. The summed E-state index contributed by atoms with van der Waals surface area (Å²) in [5.74, 6) is -0.149. The zero-order valence-electron chi connectivity index (χ0n) is 16.5. The lowest BCUT2D eigenvalue weighted by Gasteiger charge is -2.38. The first-order valence-electron chi connectivity index (χ1n) is 8.16. The van der Waals surface area contributed by atoms with Crippen LogP contribution in [-0.2, 0) is 14.0 Å². The molecule has 0 aromatic rings. The van der Waals surface area contributed by atoms with Gasteiger partial charge in [0.25, 0.3) is 0 Å². The SMILES string of the molecule is COC(=O)N[C@H](C(=O)C(C)(C)C)[C@H](C)CO[Si](C)(C)C(C)(C)C. The first-order chi connectivity index (χ1) is 10.1. The van der Waals surface area contributed by atoms with Crippen LogP contribution in [0.4, 0.5) is 4.79 Å². The van der Waals surface area contributed by atoms with Crippen LogP contribution in [-0.4, -0.2) is 40.0 Å². The van der Waals surface area contributed by atoms with E-state index in [0.29, 0.717) is 6.61 Å². The van der Waals surface area contributed by atoms with E-state index in [4.69, 9.17) is 4.43 Å². The van der Waals surface area contributed by atoms with Gasteiger partial charge in [-0.1, -0.05) is 48.5 Å². The number of methoxy groups -OCH3 is 1. The molecule has 0 unspecified atom stereocenters. The van der Waals surface area contributed by atoms with Crippen LogP contribution in [0.5, 0.6) is 0 Å². The molecule has 0 saturated carbocycles. The zero-order valence-corrected chi connectivity index (χ0v) is 17.5. The van der Waals surface area contributed by atoms with Gasteiger partial charge >= 0.3 is 6.09 Å². The number of carbonyl (C=O) groups is 2. The van der Waals surface area contributed by atoms with Crippen molar-refractivity contribution in [3.05, 3.63) is 0 Å². The van der Waals surface area contributed by atoms with Crippen molar-refractivity contribution in [3.63, 3.8) is 0 Å². The minimum absolute atomic E-state index is 0.0192. The van der Waals surface area contributed by atoms with Gasteiger partial charge in [-0.2, -0.15) is 0 Å². The topological polar surface area (TPSA) is 64.6 Å². The quantitative estimate of drug-likeness (QED) is 0.739. The third-order valence-corrected chi connectivity index (χ3v) is 9.06. The zero-order chi connectivity index (χ0) is 18.6. The fourth-order valence-electron chi connectivity index (χ4n) is 1.77. The van der Waals surface area contributed by atoms with Gasteiger partial charge in [0.05, 0.1) is 13.2 Å². The van der Waals surface area contributed by atoms with Crippen molar-refractivity contribution in [2.24, 2.45) is 11.3 Å². The summed E-state index contributed by atoms with van der Waals surface area (Å²) < 4.78 is 10.9. The molecule has 0 aliphatic heterocycles. The predicted molar refractivity (Wildman–Crippen MR) is 96.1 cm³/mol. The average Bonchev–Trinajstić information content (AvgIpc) is 2.38. The third-order valence-electron chi connectivity index (χ3n) is 4.56. The largest absolute Gasteiger partial charge is 0.453 e. The smallest absolute Gasteiger partial charge is 0.407 e. The van der Waals surface area contributed by atoms with Crippen LogP contribution in [0.15, 0.2) is 0 Å². The maximum atomic E-state index is 12.7. The summed E-state index contributed by atoms with van der Waals surface area (Å²) in [6.07, 6.45) is -0.591. The molecular formula is C17H35NO4Si. The van der Waals surface area contributed by atoms with E-state index in [-0.39, 0.29) is 16.7 Å². The van der Waals surface area contributed by atoms with Crippen molar-refractivity contribution in [1.29, 1.82) is 0 Å². The van der Waals surface area contributed by atoms with E-state index in [0.717, 1.165) is 0 Å². The fourth-order valence-corrected chi connectivity index (χ4v) is 2.88. The molecule has 2 atom stereocenters. The van der Waals surface area contributed by atoms with Gasteiger partial charge in [0, 0.05) is 17.9 Å². The molecule has 0 bridgehead atoms. The van der Waals surface area contributed by atoms with E-state index < -0.39 is 25.9 Å². The normalized spacial score (nSPS) is 15.7. The summed E-state index contributed by atoms with van der Waals surface area (Å²) >= 11 is 0. The van der Waals surface area contributed by atoms with Crippen LogP contribution in [0, 0.1) is 11.3 Å². The summed E-state index contributed by atoms with van der Waals surface area (Å²) in [5.41, 5.74) is -0.545. The molecule has 23 heavy (non-hydrogen) atoms. The van der Waals surface area contributed by atoms with Gasteiger partial charge in [-0.05, 0) is 18.1 Å². The second-order valence-electron chi connectivity index (χ2n) is 8.78. The van der Waals surface area contributed by atoms with Crippen LogP contribution in [0.3, 0.4) is 0 Å². The minimum atomic E-state index is -1.90. The molecule has 1 amide bonds. The number of hydrogen-bond donors (Lipinski definition) is 1. The van der Waals surface area contributed by atoms with Crippen molar-refractivity contribution < 1.29 is 18.8 Å². The molecule has 0 saturated heterocycles. The van der Waals surface area contributed by atoms with Crippen molar-refractivity contribution in [2.45, 2.75) is 72.6 Å². The summed E-state index contributed by atoms with van der Waals surface area (Å²) in [6.45, 7) is 18.8. The highest BCUT2D eigenvalue weighted by molar-refractivity contribution is 6.74. The van der Waals surface area contributed by atoms with E-state index in [9.17, 15) is 9.59 Å². The van der Waals surface area contributed by atoms with Crippen molar-refractivity contribution >= 4 is 20.2 Å². The Bertz CT molecular complexity index is 421. The first kappa shape index (κ1) is 22.1. The van der Waals surface area contributed by atoms with Gasteiger partial charge in [-0.15, -0.1) is 0 Å². The summed E-state index contributed by atoms with van der Waals surface area (Å²) in [7, 11) is -0.601. The molecule has 0 radical (unpaired) electrons. The molecule has 136 valence electrons. The number of ether oxygens (including phenoxy) is 1. The van der Waals surface area contributed by atoms with E-state index in [2.05, 4.69) is 43.9 Å². The second kappa shape index (κ2) is 7.79. The number of amides is 1. The number of rotatable bonds is 6. The predicted octanol–water partition coefficient (Wildman–Crippen LogP) is 3.98. The minimum Gasteiger partial charge on any atom is -0.453 e. The number of Topliss-reactive ketones (excluding diaryl/α,β-unsaturated/α-hetero) is 1. The number of hydrogen-bond acceptors (Lipinski definition) is 4. The lowest BCUT2D eigenvalue weighted by Crippen LogP contribution is -2.51. The highest BCUT2D eigenvalue weighted by Gasteiger charge is 2.39. The molecule has 0 aliphatic carbocycles. The molecule has 0 aliphatic rings. The van der Waals surface area contributed by atoms with Gasteiger partial charge < -0.3 is 14.5 Å². The van der Waals surface area contributed by atoms with Crippen LogP contribution in [0.1, 0.15) is 48.5 Å². The molecule has 0 heterocycles. The Morgan fingerprint density at radius 1 is 1.09 bits per heavy atom. The lowest BCUT2D eigenvalue weighted by atomic mass is 9.82. The maximum Gasteiger partial charge on any atom is 0.407 e. The molecule has 0 aromatic carbocycles. The Balaban J connectivity index is 5.12. The third kappa shape index (κ3) is 6.63. The van der Waals surface area contributed by atoms with Gasteiger partial charge in [0.15, 0.2) is 14.1 Å². The molecule has 5 nitrogen and oxygen atoms in total. The molecule has 0 aromatic heterocycles. The van der Waals surface area contributed by atoms with Gasteiger partial charge in [0.2, 0.25) is 0 Å². The molecule has 0 spiro atoms. The van der Waals surface area contributed by atoms with Gasteiger partial charge in [0.1, 0.15) is 0 Å². The van der Waals surface area contributed by atoms with Crippen LogP contribution < -0.4 is 5.32 Å². The lowest BCUT2D eigenvalue weighted by molar-refractivity contribution is -0.129. The van der Waals surface area contributed by atoms with E-state index in [1.165, 1.54) is 7.11 Å². The standard InChI is InChI=1S/C17H35NO4Si/c1-12(11-22-23(9,10)17(5,6)7)13(18-15(20)21-8)14(19)16(2,3)4/h12-13H,11H2,1-10H3,(H,18,20)/t12-,13+/m1/s1. The Labute approximate surface area is 142 Å². The highest BCUT2D eigenvalue weighted by atomic mass is 28.4. The number of alkyl carbamates (subject to hydrolysis) is 1. The molecule has 1 N–H and O–H groups in total. The molecule has 0 fully saturated rings. The van der Waals surface area contributed by atoms with E-state index in [1.54, 1.807) is 0 Å². The molecule has 6 heteroatoms. The Morgan fingerprint density at radius 2 is 1.57 bits per heavy atom. The maximum absolute atomic E-state index is 12.7. The molecular weight excluding hydrogens is 310 g/mol. The summed E-state index contributed by atoms with van der Waals surface area (Å²) in [4.78, 5) is 24.3. The number of nitrogens with one attached hydrogen (secondary N) is 1. The second-order valence-corrected chi connectivity index (χ2v) is 13.6. The van der Waals surface area contributed by atoms with E-state index >= 15 is 0 Å². The highest BCUT2D eigenvalue weighted by Crippen LogP contribution is 2.37. The fraction of sp³-hybridized carbons (Fsp3) is 0.882. The Kier molecular flexibility index (Phi) is 7.49. The van der Waals surface area contributed by atoms with Gasteiger partial charge in [-0.3, -0.25) is 4.79 Å². The summed E-state index contributed by atoms with van der Waals surface area (Å²) in [6, 6.07) is -0.618. The van der Waals surface area contributed by atoms with Crippen molar-refractivity contribution in [2.75, 3.05) is 13.7 Å². The number of carbonyl (C=O) groups excluding carboxylic acids is 2. The van der Waals surface area contributed by atoms with Crippen LogP contribution >= 0.6 is 0 Å². The number of ketones is 1. The Morgan fingerprint density at radius 3 is 1.91 bits per heavy atom. The van der Waals surface area contributed by atoms with Crippen molar-refractivity contribution in [1.82, 2.24) is 5.32 Å².